The van der Waals surface area contributed by atoms with Crippen LogP contribution in [0.3, 0.4) is 0 Å². The highest BCUT2D eigenvalue weighted by atomic mass is 19.2. The first-order valence-electron chi connectivity index (χ1n) is 6.69. The summed E-state index contributed by atoms with van der Waals surface area (Å²) in [5.41, 5.74) is 0.327. The Labute approximate surface area is 117 Å². The molecular formula is C15H19F2N3. The van der Waals surface area contributed by atoms with Crippen LogP contribution in [0.2, 0.25) is 0 Å². The Bertz CT molecular complexity index is 578. The van der Waals surface area contributed by atoms with Crippen LogP contribution in [0.1, 0.15) is 44.2 Å². The Morgan fingerprint density at radius 2 is 2.00 bits per heavy atom. The molecule has 0 radical (unpaired) electrons. The molecule has 0 saturated heterocycles. The van der Waals surface area contributed by atoms with Crippen LogP contribution in [0.4, 0.5) is 8.78 Å². The number of imidazole rings is 1. The van der Waals surface area contributed by atoms with Gasteiger partial charge in [0, 0.05) is 30.0 Å². The number of aromatic nitrogens is 2. The SMILES string of the molecule is CC(C)n1ccnc1CN[C@H](C)c1cccc(F)c1F. The van der Waals surface area contributed by atoms with Crippen LogP contribution in [-0.2, 0) is 6.54 Å². The van der Waals surface area contributed by atoms with E-state index in [2.05, 4.69) is 24.1 Å². The zero-order valence-electron chi connectivity index (χ0n) is 11.9. The fourth-order valence-electron chi connectivity index (χ4n) is 2.16. The maximum atomic E-state index is 13.7. The van der Waals surface area contributed by atoms with Gasteiger partial charge in [-0.25, -0.2) is 13.8 Å². The third kappa shape index (κ3) is 3.04. The van der Waals surface area contributed by atoms with Crippen LogP contribution in [0, 0.1) is 11.6 Å². The van der Waals surface area contributed by atoms with Crippen molar-refractivity contribution in [2.24, 2.45) is 0 Å². The molecule has 0 aliphatic rings. The molecule has 1 aromatic heterocycles. The lowest BCUT2D eigenvalue weighted by molar-refractivity contribution is 0.463. The lowest BCUT2D eigenvalue weighted by atomic mass is 10.1. The quantitative estimate of drug-likeness (QED) is 0.906. The average Bonchev–Trinajstić information content (AvgIpc) is 2.87. The average molecular weight is 279 g/mol. The summed E-state index contributed by atoms with van der Waals surface area (Å²) in [4.78, 5) is 4.28. The first-order valence-corrected chi connectivity index (χ1v) is 6.69. The van der Waals surface area contributed by atoms with Crippen molar-refractivity contribution in [2.75, 3.05) is 0 Å². The third-order valence-electron chi connectivity index (χ3n) is 3.32. The molecule has 108 valence electrons. The van der Waals surface area contributed by atoms with Gasteiger partial charge >= 0.3 is 0 Å². The molecule has 0 saturated carbocycles. The molecule has 2 rings (SSSR count). The maximum Gasteiger partial charge on any atom is 0.163 e. The molecular weight excluding hydrogens is 260 g/mol. The standard InChI is InChI=1S/C15H19F2N3/c1-10(2)20-8-7-18-14(20)9-19-11(3)12-5-4-6-13(16)15(12)17/h4-8,10-11,19H,9H2,1-3H3/t11-/m1/s1. The highest BCUT2D eigenvalue weighted by molar-refractivity contribution is 5.22. The van der Waals surface area contributed by atoms with Crippen molar-refractivity contribution in [3.8, 4) is 0 Å². The largest absolute Gasteiger partial charge is 0.331 e. The molecule has 2 aromatic rings. The van der Waals surface area contributed by atoms with Crippen molar-refractivity contribution >= 4 is 0 Å². The molecule has 1 atom stereocenters. The Kier molecular flexibility index (Phi) is 4.49. The van der Waals surface area contributed by atoms with Crippen molar-refractivity contribution < 1.29 is 8.78 Å². The van der Waals surface area contributed by atoms with Crippen LogP contribution in [0.5, 0.6) is 0 Å². The number of hydrogen-bond donors (Lipinski definition) is 1. The summed E-state index contributed by atoms with van der Waals surface area (Å²) in [6.07, 6.45) is 3.65. The van der Waals surface area contributed by atoms with Crippen LogP contribution in [-0.4, -0.2) is 9.55 Å². The van der Waals surface area contributed by atoms with Gasteiger partial charge in [0.05, 0.1) is 6.54 Å². The lowest BCUT2D eigenvalue weighted by Gasteiger charge is -2.17. The normalized spacial score (nSPS) is 12.9. The predicted molar refractivity (Wildman–Crippen MR) is 74.2 cm³/mol. The van der Waals surface area contributed by atoms with Gasteiger partial charge in [-0.2, -0.15) is 0 Å². The van der Waals surface area contributed by atoms with Crippen molar-refractivity contribution in [1.82, 2.24) is 14.9 Å². The monoisotopic (exact) mass is 279 g/mol. The second-order valence-electron chi connectivity index (χ2n) is 5.09. The van der Waals surface area contributed by atoms with Crippen LogP contribution >= 0.6 is 0 Å². The summed E-state index contributed by atoms with van der Waals surface area (Å²) in [5, 5.41) is 3.17. The molecule has 0 amide bonds. The van der Waals surface area contributed by atoms with E-state index in [0.717, 1.165) is 11.9 Å². The number of benzene rings is 1. The molecule has 0 aliphatic heterocycles. The van der Waals surface area contributed by atoms with Crippen molar-refractivity contribution in [3.63, 3.8) is 0 Å². The molecule has 3 nitrogen and oxygen atoms in total. The Balaban J connectivity index is 2.07. The number of halogens is 2. The highest BCUT2D eigenvalue weighted by Gasteiger charge is 2.14. The smallest absolute Gasteiger partial charge is 0.163 e. The summed E-state index contributed by atoms with van der Waals surface area (Å²) in [7, 11) is 0. The summed E-state index contributed by atoms with van der Waals surface area (Å²) in [5.74, 6) is -0.733. The van der Waals surface area contributed by atoms with E-state index in [1.165, 1.54) is 6.07 Å². The molecule has 0 bridgehead atoms. The molecule has 0 spiro atoms. The minimum Gasteiger partial charge on any atom is -0.331 e. The van der Waals surface area contributed by atoms with E-state index >= 15 is 0 Å². The maximum absolute atomic E-state index is 13.7. The zero-order chi connectivity index (χ0) is 14.7. The van der Waals surface area contributed by atoms with Gasteiger partial charge in [0.1, 0.15) is 5.82 Å². The number of hydrogen-bond acceptors (Lipinski definition) is 2. The van der Waals surface area contributed by atoms with Gasteiger partial charge in [-0.05, 0) is 26.8 Å². The first-order chi connectivity index (χ1) is 9.50. The molecule has 5 heteroatoms. The van der Waals surface area contributed by atoms with E-state index in [4.69, 9.17) is 0 Å². The van der Waals surface area contributed by atoms with Crippen LogP contribution in [0.25, 0.3) is 0 Å². The van der Waals surface area contributed by atoms with Gasteiger partial charge in [-0.3, -0.25) is 0 Å². The fourth-order valence-corrected chi connectivity index (χ4v) is 2.16. The minimum atomic E-state index is -0.820. The lowest BCUT2D eigenvalue weighted by Crippen LogP contribution is -2.22. The van der Waals surface area contributed by atoms with E-state index in [9.17, 15) is 8.78 Å². The Morgan fingerprint density at radius 3 is 2.70 bits per heavy atom. The van der Waals surface area contributed by atoms with E-state index in [0.29, 0.717) is 18.2 Å². The van der Waals surface area contributed by atoms with E-state index < -0.39 is 11.6 Å². The van der Waals surface area contributed by atoms with Crippen molar-refractivity contribution in [2.45, 2.75) is 39.4 Å². The van der Waals surface area contributed by atoms with Gasteiger partial charge in [-0.15, -0.1) is 0 Å². The third-order valence-corrected chi connectivity index (χ3v) is 3.32. The van der Waals surface area contributed by atoms with Crippen molar-refractivity contribution in [1.29, 1.82) is 0 Å². The molecule has 0 aliphatic carbocycles. The van der Waals surface area contributed by atoms with Crippen LogP contribution < -0.4 is 5.32 Å². The number of nitrogens with zero attached hydrogens (tertiary/aromatic N) is 2. The first kappa shape index (κ1) is 14.7. The van der Waals surface area contributed by atoms with Gasteiger partial charge < -0.3 is 9.88 Å². The van der Waals surface area contributed by atoms with Gasteiger partial charge in [0.2, 0.25) is 0 Å². The van der Waals surface area contributed by atoms with E-state index in [1.807, 2.05) is 10.8 Å². The molecule has 1 N–H and O–H groups in total. The van der Waals surface area contributed by atoms with Gasteiger partial charge in [0.25, 0.3) is 0 Å². The van der Waals surface area contributed by atoms with Gasteiger partial charge in [0.15, 0.2) is 11.6 Å². The molecule has 1 heterocycles. The molecule has 1 aromatic carbocycles. The highest BCUT2D eigenvalue weighted by Crippen LogP contribution is 2.19. The fraction of sp³-hybridized carbons (Fsp3) is 0.400. The van der Waals surface area contributed by atoms with E-state index in [1.54, 1.807) is 19.2 Å². The molecule has 20 heavy (non-hydrogen) atoms. The zero-order valence-corrected chi connectivity index (χ0v) is 11.9. The second kappa shape index (κ2) is 6.13. The summed E-state index contributed by atoms with van der Waals surface area (Å²) in [6.45, 7) is 6.45. The van der Waals surface area contributed by atoms with Crippen molar-refractivity contribution in [3.05, 3.63) is 53.6 Å². The van der Waals surface area contributed by atoms with Crippen LogP contribution in [0.15, 0.2) is 30.6 Å². The topological polar surface area (TPSA) is 29.9 Å². The number of rotatable bonds is 5. The van der Waals surface area contributed by atoms with Gasteiger partial charge in [-0.1, -0.05) is 12.1 Å². The molecule has 0 unspecified atom stereocenters. The summed E-state index contributed by atoms with van der Waals surface area (Å²) in [6, 6.07) is 4.25. The minimum absolute atomic E-state index is 0.289. The Morgan fingerprint density at radius 1 is 1.25 bits per heavy atom. The summed E-state index contributed by atoms with van der Waals surface area (Å²) >= 11 is 0. The van der Waals surface area contributed by atoms with E-state index in [-0.39, 0.29) is 6.04 Å². The number of nitrogens with one attached hydrogen (secondary N) is 1. The molecule has 0 fully saturated rings. The second-order valence-corrected chi connectivity index (χ2v) is 5.09. The predicted octanol–water partition coefficient (Wildman–Crippen LogP) is 3.59. The summed E-state index contributed by atoms with van der Waals surface area (Å²) < 4.78 is 28.9. The Hall–Kier alpha value is -1.75.